The molecule has 0 bridgehead atoms. The van der Waals surface area contributed by atoms with Crippen molar-refractivity contribution in [2.45, 2.75) is 12.4 Å². The molecule has 0 aliphatic carbocycles. The first-order chi connectivity index (χ1) is 7.83. The molecule has 0 aromatic heterocycles. The first-order valence-electron chi connectivity index (χ1n) is 3.81. The number of nitrogens with two attached hydrogens (primary N) is 2. The van der Waals surface area contributed by atoms with Crippen LogP contribution in [0.3, 0.4) is 0 Å². The molecule has 0 saturated carbocycles. The number of rotatable bonds is 2. The molecule has 0 fully saturated rings. The van der Waals surface area contributed by atoms with Gasteiger partial charge in [0, 0.05) is 0 Å². The molecular formula is C6H9F6LiN2S4. The predicted octanol–water partition coefficient (Wildman–Crippen LogP) is 2.40. The summed E-state index contributed by atoms with van der Waals surface area (Å²) >= 11 is 9.25. The van der Waals surface area contributed by atoms with Crippen LogP contribution in [0.25, 0.3) is 0 Å². The standard InChI is InChI=1S/2C3H4F3NS2.Li.H/c2*4-3(5,6)1-9-2(7)8;;/h2*1H2,(H2,7,8);;. The van der Waals surface area contributed by atoms with Crippen molar-refractivity contribution >= 4 is 75.5 Å². The van der Waals surface area contributed by atoms with Gasteiger partial charge < -0.3 is 11.5 Å². The second-order valence-electron chi connectivity index (χ2n) is 2.45. The van der Waals surface area contributed by atoms with Gasteiger partial charge in [0.1, 0.15) is 8.64 Å². The molecule has 0 aromatic rings. The summed E-state index contributed by atoms with van der Waals surface area (Å²) in [5.74, 6) is -2.00. The van der Waals surface area contributed by atoms with Crippen molar-refractivity contribution in [3.05, 3.63) is 0 Å². The summed E-state index contributed by atoms with van der Waals surface area (Å²) in [5, 5.41) is 0. The van der Waals surface area contributed by atoms with Crippen LogP contribution in [0.5, 0.6) is 0 Å². The third-order valence-electron chi connectivity index (χ3n) is 0.756. The molecule has 0 spiro atoms. The van der Waals surface area contributed by atoms with Crippen molar-refractivity contribution in [2.24, 2.45) is 11.5 Å². The Morgan fingerprint density at radius 2 is 1.00 bits per heavy atom. The van der Waals surface area contributed by atoms with E-state index in [0.29, 0.717) is 23.5 Å². The third-order valence-corrected chi connectivity index (χ3v) is 2.98. The van der Waals surface area contributed by atoms with Crippen LogP contribution in [0.4, 0.5) is 26.3 Å². The molecule has 2 nitrogen and oxygen atoms in total. The molecule has 0 rings (SSSR count). The Kier molecular flexibility index (Phi) is 14.7. The fourth-order valence-electron chi connectivity index (χ4n) is 0.306. The first kappa shape index (κ1) is 24.7. The number of thiocarbonyl (C=S) groups is 2. The van der Waals surface area contributed by atoms with Crippen LogP contribution in [0.2, 0.25) is 0 Å². The van der Waals surface area contributed by atoms with Crippen molar-refractivity contribution in [3.8, 4) is 0 Å². The van der Waals surface area contributed by atoms with Gasteiger partial charge in [-0.3, -0.25) is 0 Å². The molecule has 0 radical (unpaired) electrons. The van der Waals surface area contributed by atoms with Crippen LogP contribution in [0, 0.1) is 0 Å². The molecule has 0 saturated heterocycles. The molecule has 13 heteroatoms. The summed E-state index contributed by atoms with van der Waals surface area (Å²) in [6.45, 7) is 0. The van der Waals surface area contributed by atoms with Crippen LogP contribution < -0.4 is 11.5 Å². The average Bonchev–Trinajstić information content (AvgIpc) is 2.10. The van der Waals surface area contributed by atoms with Crippen LogP contribution >= 0.6 is 48.0 Å². The van der Waals surface area contributed by atoms with Gasteiger partial charge in [-0.15, -0.1) is 0 Å². The van der Waals surface area contributed by atoms with Crippen LogP contribution in [-0.2, 0) is 0 Å². The Bertz CT molecular complexity index is 254. The van der Waals surface area contributed by atoms with Gasteiger partial charge in [0.05, 0.1) is 11.5 Å². The molecule has 0 unspecified atom stereocenters. The van der Waals surface area contributed by atoms with Crippen LogP contribution in [-0.4, -0.2) is 51.4 Å². The average molecular weight is 358 g/mol. The quantitative estimate of drug-likeness (QED) is 0.449. The van der Waals surface area contributed by atoms with Gasteiger partial charge in [0.2, 0.25) is 0 Å². The molecule has 4 N–H and O–H groups in total. The molecule has 110 valence electrons. The fourth-order valence-corrected chi connectivity index (χ4v) is 1.27. The summed E-state index contributed by atoms with van der Waals surface area (Å²) in [6, 6.07) is 0. The van der Waals surface area contributed by atoms with Crippen molar-refractivity contribution in [3.63, 3.8) is 0 Å². The van der Waals surface area contributed by atoms with E-state index in [-0.39, 0.29) is 27.5 Å². The SMILES string of the molecule is NC(=S)SCC(F)(F)F.NC(=S)SCC(F)(F)F.[LiH]. The zero-order chi connectivity index (χ0) is 15.0. The van der Waals surface area contributed by atoms with Crippen LogP contribution in [0.1, 0.15) is 0 Å². The van der Waals surface area contributed by atoms with Gasteiger partial charge in [-0.1, -0.05) is 48.0 Å². The topological polar surface area (TPSA) is 52.0 Å². The van der Waals surface area contributed by atoms with Crippen molar-refractivity contribution in [1.29, 1.82) is 0 Å². The normalized spacial score (nSPS) is 10.8. The molecule has 19 heavy (non-hydrogen) atoms. The van der Waals surface area contributed by atoms with Gasteiger partial charge in [0.15, 0.2) is 0 Å². The van der Waals surface area contributed by atoms with Crippen molar-refractivity contribution in [2.75, 3.05) is 11.5 Å². The fraction of sp³-hybridized carbons (Fsp3) is 0.667. The van der Waals surface area contributed by atoms with E-state index < -0.39 is 23.9 Å². The zero-order valence-electron chi connectivity index (χ0n) is 8.47. The van der Waals surface area contributed by atoms with Gasteiger partial charge in [-0.25, -0.2) is 0 Å². The number of thioether (sulfide) groups is 2. The monoisotopic (exact) mass is 358 g/mol. The maximum atomic E-state index is 11.3. The van der Waals surface area contributed by atoms with E-state index in [1.54, 1.807) is 0 Å². The predicted molar refractivity (Wildman–Crippen MR) is 77.7 cm³/mol. The molecule has 0 heterocycles. The zero-order valence-corrected chi connectivity index (χ0v) is 11.7. The number of hydrogen-bond donors (Lipinski definition) is 2. The van der Waals surface area contributed by atoms with Gasteiger partial charge in [-0.2, -0.15) is 26.3 Å². The maximum absolute atomic E-state index is 11.3. The van der Waals surface area contributed by atoms with Crippen molar-refractivity contribution < 1.29 is 26.3 Å². The van der Waals surface area contributed by atoms with E-state index in [0.717, 1.165) is 0 Å². The minimum absolute atomic E-state index is 0. The number of alkyl halides is 6. The Hall–Kier alpha value is 0.657. The van der Waals surface area contributed by atoms with Gasteiger partial charge in [0.25, 0.3) is 0 Å². The van der Waals surface area contributed by atoms with E-state index in [1.165, 1.54) is 0 Å². The van der Waals surface area contributed by atoms with E-state index >= 15 is 0 Å². The third kappa shape index (κ3) is 32.3. The summed E-state index contributed by atoms with van der Waals surface area (Å²) in [7, 11) is 0. The van der Waals surface area contributed by atoms with Crippen LogP contribution in [0.15, 0.2) is 0 Å². The number of halogens is 6. The molecule has 0 aromatic carbocycles. The molecule has 0 aliphatic heterocycles. The van der Waals surface area contributed by atoms with E-state index in [1.807, 2.05) is 0 Å². The van der Waals surface area contributed by atoms with Gasteiger partial charge in [-0.05, 0) is 0 Å². The minimum atomic E-state index is -4.17. The van der Waals surface area contributed by atoms with E-state index in [2.05, 4.69) is 24.4 Å². The summed E-state index contributed by atoms with van der Waals surface area (Å²) < 4.78 is 67.3. The first-order valence-corrected chi connectivity index (χ1v) is 6.60. The molecule has 0 aliphatic rings. The summed E-state index contributed by atoms with van der Waals surface area (Å²) in [4.78, 5) is 0. The Morgan fingerprint density at radius 3 is 1.05 bits per heavy atom. The Morgan fingerprint density at radius 1 is 0.789 bits per heavy atom. The van der Waals surface area contributed by atoms with Crippen molar-refractivity contribution in [1.82, 2.24) is 0 Å². The Balaban J connectivity index is -0.000000256. The summed E-state index contributed by atoms with van der Waals surface area (Å²) in [5.41, 5.74) is 9.59. The Labute approximate surface area is 137 Å². The van der Waals surface area contributed by atoms with E-state index in [4.69, 9.17) is 11.5 Å². The summed E-state index contributed by atoms with van der Waals surface area (Å²) in [6.07, 6.45) is -8.35. The molecular weight excluding hydrogens is 349 g/mol. The molecule has 0 amide bonds. The van der Waals surface area contributed by atoms with Gasteiger partial charge >= 0.3 is 31.2 Å². The molecule has 0 atom stereocenters. The van der Waals surface area contributed by atoms with E-state index in [9.17, 15) is 26.3 Å². The number of hydrogen-bond acceptors (Lipinski definition) is 4. The second kappa shape index (κ2) is 11.3. The second-order valence-corrected chi connectivity index (χ2v) is 5.88.